The van der Waals surface area contributed by atoms with Gasteiger partial charge in [0.25, 0.3) is 0 Å². The Morgan fingerprint density at radius 1 is 1.15 bits per heavy atom. The topological polar surface area (TPSA) is 66.7 Å². The Balaban J connectivity index is 1.59. The van der Waals surface area contributed by atoms with E-state index in [1.54, 1.807) is 0 Å². The summed E-state index contributed by atoms with van der Waals surface area (Å²) >= 11 is 0. The molecule has 2 N–H and O–H groups in total. The van der Waals surface area contributed by atoms with Gasteiger partial charge in [-0.2, -0.15) is 0 Å². The van der Waals surface area contributed by atoms with E-state index in [2.05, 4.69) is 15.5 Å². The van der Waals surface area contributed by atoms with Gasteiger partial charge in [-0.1, -0.05) is 30.3 Å². The zero-order valence-electron chi connectivity index (χ0n) is 15.4. The number of urea groups is 1. The summed E-state index contributed by atoms with van der Waals surface area (Å²) in [6, 6.07) is 13.6. The van der Waals surface area contributed by atoms with Crippen molar-refractivity contribution in [2.24, 2.45) is 0 Å². The summed E-state index contributed by atoms with van der Waals surface area (Å²) < 4.78 is 11.3. The molecule has 1 aromatic carbocycles. The van der Waals surface area contributed by atoms with Crippen LogP contribution in [0.3, 0.4) is 0 Å². The minimum atomic E-state index is -0.178. The lowest BCUT2D eigenvalue weighted by atomic mass is 10.1. The molecule has 2 aromatic rings. The van der Waals surface area contributed by atoms with Crippen LogP contribution in [0, 0.1) is 6.92 Å². The number of furan rings is 1. The Morgan fingerprint density at radius 3 is 2.54 bits per heavy atom. The lowest BCUT2D eigenvalue weighted by molar-refractivity contribution is 0.0121. The predicted octanol–water partition coefficient (Wildman–Crippen LogP) is 3.02. The van der Waals surface area contributed by atoms with Gasteiger partial charge >= 0.3 is 6.03 Å². The molecule has 0 radical (unpaired) electrons. The lowest BCUT2D eigenvalue weighted by Gasteiger charge is -2.33. The van der Waals surface area contributed by atoms with E-state index in [1.807, 2.05) is 56.3 Å². The molecule has 1 saturated heterocycles. The van der Waals surface area contributed by atoms with Crippen molar-refractivity contribution >= 4 is 6.03 Å². The van der Waals surface area contributed by atoms with Crippen molar-refractivity contribution in [3.63, 3.8) is 0 Å². The molecule has 1 aromatic heterocycles. The fourth-order valence-electron chi connectivity index (χ4n) is 3.19. The third-order valence-corrected chi connectivity index (χ3v) is 4.68. The van der Waals surface area contributed by atoms with Crippen molar-refractivity contribution in [1.82, 2.24) is 15.5 Å². The maximum atomic E-state index is 12.4. The zero-order valence-corrected chi connectivity index (χ0v) is 15.4. The molecule has 2 atom stereocenters. The first-order chi connectivity index (χ1) is 12.6. The number of morpholine rings is 1. The Kier molecular flexibility index (Phi) is 6.30. The van der Waals surface area contributed by atoms with E-state index < -0.39 is 0 Å². The van der Waals surface area contributed by atoms with E-state index >= 15 is 0 Å². The fraction of sp³-hybridized carbons (Fsp3) is 0.450. The monoisotopic (exact) mass is 357 g/mol. The van der Waals surface area contributed by atoms with E-state index in [1.165, 1.54) is 0 Å². The summed E-state index contributed by atoms with van der Waals surface area (Å²) in [4.78, 5) is 14.6. The second kappa shape index (κ2) is 8.87. The van der Waals surface area contributed by atoms with E-state index in [0.29, 0.717) is 19.8 Å². The average Bonchev–Trinajstić information content (AvgIpc) is 3.09. The molecule has 3 rings (SSSR count). The summed E-state index contributed by atoms with van der Waals surface area (Å²) in [5.41, 5.74) is 1.08. The molecule has 1 aliphatic heterocycles. The number of amides is 2. The van der Waals surface area contributed by atoms with E-state index in [4.69, 9.17) is 9.15 Å². The molecule has 26 heavy (non-hydrogen) atoms. The standard InChI is InChI=1S/C20H27N3O3/c1-15-8-9-19(26-15)18(23-10-12-25-13-11-23)14-21-20(24)22-16(2)17-6-4-3-5-7-17/h3-9,16,18H,10-14H2,1-2H3,(H2,21,22,24). The molecule has 1 fully saturated rings. The van der Waals surface area contributed by atoms with Gasteiger partial charge < -0.3 is 19.8 Å². The highest BCUT2D eigenvalue weighted by atomic mass is 16.5. The molecule has 0 aliphatic carbocycles. The van der Waals surface area contributed by atoms with Gasteiger partial charge in [0.1, 0.15) is 11.5 Å². The van der Waals surface area contributed by atoms with Gasteiger partial charge in [-0.15, -0.1) is 0 Å². The maximum Gasteiger partial charge on any atom is 0.315 e. The molecule has 140 valence electrons. The molecule has 1 aliphatic rings. The number of hydrogen-bond donors (Lipinski definition) is 2. The number of aryl methyl sites for hydroxylation is 1. The van der Waals surface area contributed by atoms with Gasteiger partial charge in [0, 0.05) is 19.6 Å². The second-order valence-corrected chi connectivity index (χ2v) is 6.60. The maximum absolute atomic E-state index is 12.4. The largest absolute Gasteiger partial charge is 0.465 e. The van der Waals surface area contributed by atoms with Crippen LogP contribution in [0.2, 0.25) is 0 Å². The number of hydrogen-bond acceptors (Lipinski definition) is 4. The van der Waals surface area contributed by atoms with Gasteiger partial charge in [-0.05, 0) is 31.5 Å². The second-order valence-electron chi connectivity index (χ2n) is 6.60. The Morgan fingerprint density at radius 2 is 1.88 bits per heavy atom. The van der Waals surface area contributed by atoms with E-state index in [0.717, 1.165) is 30.2 Å². The number of carbonyl (C=O) groups is 1. The summed E-state index contributed by atoms with van der Waals surface area (Å²) in [7, 11) is 0. The first kappa shape index (κ1) is 18.5. The summed E-state index contributed by atoms with van der Waals surface area (Å²) in [6.07, 6.45) is 0. The molecule has 0 bridgehead atoms. The molecular formula is C20H27N3O3. The van der Waals surface area contributed by atoms with Crippen LogP contribution in [-0.2, 0) is 4.74 Å². The van der Waals surface area contributed by atoms with Gasteiger partial charge in [0.2, 0.25) is 0 Å². The van der Waals surface area contributed by atoms with E-state index in [-0.39, 0.29) is 18.1 Å². The van der Waals surface area contributed by atoms with Crippen LogP contribution < -0.4 is 10.6 Å². The molecule has 2 amide bonds. The molecule has 0 saturated carbocycles. The van der Waals surface area contributed by atoms with Crippen molar-refractivity contribution in [1.29, 1.82) is 0 Å². The van der Waals surface area contributed by atoms with Crippen LogP contribution in [0.15, 0.2) is 46.9 Å². The van der Waals surface area contributed by atoms with Crippen LogP contribution in [0.1, 0.15) is 36.1 Å². The van der Waals surface area contributed by atoms with Gasteiger partial charge in [-0.3, -0.25) is 4.90 Å². The number of nitrogens with zero attached hydrogens (tertiary/aromatic N) is 1. The molecule has 0 spiro atoms. The van der Waals surface area contributed by atoms with Crippen LogP contribution >= 0.6 is 0 Å². The zero-order chi connectivity index (χ0) is 18.4. The minimum Gasteiger partial charge on any atom is -0.465 e. The quantitative estimate of drug-likeness (QED) is 0.834. The summed E-state index contributed by atoms with van der Waals surface area (Å²) in [6.45, 7) is 7.45. The molecule has 2 unspecified atom stereocenters. The Hall–Kier alpha value is -2.31. The summed E-state index contributed by atoms with van der Waals surface area (Å²) in [5.74, 6) is 1.75. The Labute approximate surface area is 154 Å². The lowest BCUT2D eigenvalue weighted by Crippen LogP contribution is -2.46. The Bertz CT molecular complexity index is 695. The molecule has 6 heteroatoms. The highest BCUT2D eigenvalue weighted by Gasteiger charge is 2.25. The average molecular weight is 357 g/mol. The molecular weight excluding hydrogens is 330 g/mol. The van der Waals surface area contributed by atoms with Crippen LogP contribution in [0.4, 0.5) is 4.79 Å². The van der Waals surface area contributed by atoms with E-state index in [9.17, 15) is 4.79 Å². The van der Waals surface area contributed by atoms with Crippen molar-refractivity contribution in [3.05, 3.63) is 59.5 Å². The summed E-state index contributed by atoms with van der Waals surface area (Å²) in [5, 5.41) is 5.98. The van der Waals surface area contributed by atoms with Crippen LogP contribution in [-0.4, -0.2) is 43.8 Å². The molecule has 6 nitrogen and oxygen atoms in total. The number of rotatable bonds is 6. The van der Waals surface area contributed by atoms with Gasteiger partial charge in [-0.25, -0.2) is 4.79 Å². The van der Waals surface area contributed by atoms with Crippen LogP contribution in [0.25, 0.3) is 0 Å². The number of ether oxygens (including phenoxy) is 1. The molecule has 2 heterocycles. The third-order valence-electron chi connectivity index (χ3n) is 4.68. The van der Waals surface area contributed by atoms with Crippen molar-refractivity contribution in [2.45, 2.75) is 25.9 Å². The normalized spacial score (nSPS) is 17.5. The number of nitrogens with one attached hydrogen (secondary N) is 2. The minimum absolute atomic E-state index is 0.00498. The SMILES string of the molecule is Cc1ccc(C(CNC(=O)NC(C)c2ccccc2)N2CCOCC2)o1. The highest BCUT2D eigenvalue weighted by Crippen LogP contribution is 2.23. The number of benzene rings is 1. The highest BCUT2D eigenvalue weighted by molar-refractivity contribution is 5.74. The van der Waals surface area contributed by atoms with Gasteiger partial charge in [0.15, 0.2) is 0 Å². The third kappa shape index (κ3) is 4.86. The number of carbonyl (C=O) groups excluding carboxylic acids is 1. The predicted molar refractivity (Wildman–Crippen MR) is 100.0 cm³/mol. The van der Waals surface area contributed by atoms with Gasteiger partial charge in [0.05, 0.1) is 25.3 Å². The first-order valence-electron chi connectivity index (χ1n) is 9.11. The van der Waals surface area contributed by atoms with Crippen molar-refractivity contribution < 1.29 is 13.9 Å². The fourth-order valence-corrected chi connectivity index (χ4v) is 3.19. The van der Waals surface area contributed by atoms with Crippen molar-refractivity contribution in [2.75, 3.05) is 32.8 Å². The van der Waals surface area contributed by atoms with Crippen molar-refractivity contribution in [3.8, 4) is 0 Å². The van der Waals surface area contributed by atoms with Crippen LogP contribution in [0.5, 0.6) is 0 Å². The first-order valence-corrected chi connectivity index (χ1v) is 9.11. The smallest absolute Gasteiger partial charge is 0.315 e.